The topological polar surface area (TPSA) is 69.4 Å². The fraction of sp³-hybridized carbons (Fsp3) is 0.143. The number of ether oxygens (including phenoxy) is 1. The summed E-state index contributed by atoms with van der Waals surface area (Å²) in [5, 5.41) is 0. The van der Waals surface area contributed by atoms with Gasteiger partial charge in [0.1, 0.15) is 17.3 Å². The van der Waals surface area contributed by atoms with Crippen molar-refractivity contribution >= 4 is 15.5 Å². The molecule has 6 heteroatoms. The molecular formula is C14H14FNO3S. The number of hydrogen-bond acceptors (Lipinski definition) is 4. The number of rotatable bonds is 3. The Morgan fingerprint density at radius 2 is 1.80 bits per heavy atom. The minimum Gasteiger partial charge on any atom is -0.455 e. The van der Waals surface area contributed by atoms with Crippen LogP contribution in [-0.2, 0) is 9.84 Å². The first-order valence-corrected chi connectivity index (χ1v) is 7.70. The summed E-state index contributed by atoms with van der Waals surface area (Å²) >= 11 is 0. The lowest BCUT2D eigenvalue weighted by Gasteiger charge is -2.11. The van der Waals surface area contributed by atoms with E-state index in [0.717, 1.165) is 11.8 Å². The molecule has 106 valence electrons. The van der Waals surface area contributed by atoms with Crippen molar-refractivity contribution < 1.29 is 17.5 Å². The van der Waals surface area contributed by atoms with Gasteiger partial charge in [0.2, 0.25) is 0 Å². The molecule has 2 aromatic carbocycles. The molecular weight excluding hydrogens is 281 g/mol. The highest BCUT2D eigenvalue weighted by molar-refractivity contribution is 7.90. The first-order chi connectivity index (χ1) is 9.27. The average Bonchev–Trinajstić information content (AvgIpc) is 2.35. The minimum atomic E-state index is -3.33. The lowest BCUT2D eigenvalue weighted by Crippen LogP contribution is -2.00. The molecule has 4 nitrogen and oxygen atoms in total. The van der Waals surface area contributed by atoms with Crippen LogP contribution >= 0.6 is 0 Å². The quantitative estimate of drug-likeness (QED) is 0.884. The van der Waals surface area contributed by atoms with Crippen LogP contribution in [0.15, 0.2) is 41.3 Å². The highest BCUT2D eigenvalue weighted by Gasteiger charge is 2.11. The predicted molar refractivity (Wildman–Crippen MR) is 75.2 cm³/mol. The van der Waals surface area contributed by atoms with E-state index in [1.807, 2.05) is 0 Å². The molecule has 0 atom stereocenters. The maximum atomic E-state index is 13.2. The fourth-order valence-corrected chi connectivity index (χ4v) is 2.31. The molecule has 0 heterocycles. The lowest BCUT2D eigenvalue weighted by atomic mass is 10.2. The van der Waals surface area contributed by atoms with Crippen LogP contribution in [0.4, 0.5) is 10.1 Å². The van der Waals surface area contributed by atoms with Gasteiger partial charge in [-0.3, -0.25) is 0 Å². The van der Waals surface area contributed by atoms with Crippen LogP contribution in [0.3, 0.4) is 0 Å². The summed E-state index contributed by atoms with van der Waals surface area (Å²) in [6.45, 7) is 1.77. The Bertz CT molecular complexity index is 757. The van der Waals surface area contributed by atoms with Crippen LogP contribution in [0.2, 0.25) is 0 Å². The molecule has 0 radical (unpaired) electrons. The SMILES string of the molecule is Cc1ccc(F)cc1Oc1ccc(S(C)(=O)=O)cc1N. The van der Waals surface area contributed by atoms with Gasteiger partial charge in [0.25, 0.3) is 0 Å². The number of nitrogens with two attached hydrogens (primary N) is 1. The van der Waals surface area contributed by atoms with Crippen molar-refractivity contribution in [3.8, 4) is 11.5 Å². The molecule has 0 spiro atoms. The number of nitrogen functional groups attached to an aromatic ring is 1. The average molecular weight is 295 g/mol. The number of halogens is 1. The van der Waals surface area contributed by atoms with Crippen molar-refractivity contribution in [2.45, 2.75) is 11.8 Å². The normalized spacial score (nSPS) is 11.3. The molecule has 0 aromatic heterocycles. The molecule has 2 rings (SSSR count). The molecule has 0 aliphatic rings. The molecule has 2 N–H and O–H groups in total. The van der Waals surface area contributed by atoms with Crippen molar-refractivity contribution in [3.05, 3.63) is 47.8 Å². The van der Waals surface area contributed by atoms with Crippen molar-refractivity contribution in [2.75, 3.05) is 12.0 Å². The highest BCUT2D eigenvalue weighted by atomic mass is 32.2. The Balaban J connectivity index is 2.38. The number of sulfone groups is 1. The zero-order chi connectivity index (χ0) is 14.9. The van der Waals surface area contributed by atoms with Crippen molar-refractivity contribution in [1.82, 2.24) is 0 Å². The van der Waals surface area contributed by atoms with E-state index in [0.29, 0.717) is 5.75 Å². The van der Waals surface area contributed by atoms with Crippen molar-refractivity contribution in [1.29, 1.82) is 0 Å². The van der Waals surface area contributed by atoms with Crippen LogP contribution in [-0.4, -0.2) is 14.7 Å². The third-order valence-corrected chi connectivity index (χ3v) is 3.89. The number of hydrogen-bond donors (Lipinski definition) is 1. The van der Waals surface area contributed by atoms with E-state index in [2.05, 4.69) is 0 Å². The Kier molecular flexibility index (Phi) is 3.67. The summed E-state index contributed by atoms with van der Waals surface area (Å²) in [5.74, 6) is 0.201. The molecule has 2 aromatic rings. The van der Waals surface area contributed by atoms with Gasteiger partial charge in [-0.2, -0.15) is 0 Å². The van der Waals surface area contributed by atoms with Gasteiger partial charge in [-0.15, -0.1) is 0 Å². The number of anilines is 1. The van der Waals surface area contributed by atoms with Gasteiger partial charge in [-0.1, -0.05) is 6.07 Å². The summed E-state index contributed by atoms with van der Waals surface area (Å²) in [4.78, 5) is 0.110. The van der Waals surface area contributed by atoms with Gasteiger partial charge in [-0.25, -0.2) is 12.8 Å². The Morgan fingerprint density at radius 3 is 2.40 bits per heavy atom. The molecule has 0 amide bonds. The van der Waals surface area contributed by atoms with E-state index >= 15 is 0 Å². The summed E-state index contributed by atoms with van der Waals surface area (Å²) < 4.78 is 41.5. The van der Waals surface area contributed by atoms with Gasteiger partial charge in [0, 0.05) is 12.3 Å². The summed E-state index contributed by atoms with van der Waals surface area (Å²) in [6.07, 6.45) is 1.10. The van der Waals surface area contributed by atoms with Crippen LogP contribution < -0.4 is 10.5 Å². The monoisotopic (exact) mass is 295 g/mol. The van der Waals surface area contributed by atoms with Crippen LogP contribution in [0.1, 0.15) is 5.56 Å². The molecule has 0 aliphatic heterocycles. The Labute approximate surface area is 116 Å². The fourth-order valence-electron chi connectivity index (χ4n) is 1.65. The second-order valence-electron chi connectivity index (χ2n) is 4.48. The maximum Gasteiger partial charge on any atom is 0.175 e. The Hall–Kier alpha value is -2.08. The second kappa shape index (κ2) is 5.13. The molecule has 0 saturated heterocycles. The summed E-state index contributed by atoms with van der Waals surface area (Å²) in [7, 11) is -3.33. The van der Waals surface area contributed by atoms with Gasteiger partial charge in [-0.05, 0) is 36.8 Å². The van der Waals surface area contributed by atoms with Gasteiger partial charge >= 0.3 is 0 Å². The minimum absolute atomic E-state index is 0.110. The van der Waals surface area contributed by atoms with E-state index in [1.54, 1.807) is 13.0 Å². The third kappa shape index (κ3) is 3.08. The van der Waals surface area contributed by atoms with E-state index < -0.39 is 15.7 Å². The molecule has 0 unspecified atom stereocenters. The van der Waals surface area contributed by atoms with E-state index in [-0.39, 0.29) is 16.3 Å². The van der Waals surface area contributed by atoms with Crippen molar-refractivity contribution in [3.63, 3.8) is 0 Å². The predicted octanol–water partition coefficient (Wildman–Crippen LogP) is 2.91. The zero-order valence-corrected chi connectivity index (χ0v) is 11.9. The number of benzene rings is 2. The first kappa shape index (κ1) is 14.3. The largest absolute Gasteiger partial charge is 0.455 e. The van der Waals surface area contributed by atoms with Crippen LogP contribution in [0.5, 0.6) is 11.5 Å². The van der Waals surface area contributed by atoms with Crippen LogP contribution in [0, 0.1) is 12.7 Å². The third-order valence-electron chi connectivity index (χ3n) is 2.78. The van der Waals surface area contributed by atoms with Crippen molar-refractivity contribution in [2.24, 2.45) is 0 Å². The summed E-state index contributed by atoms with van der Waals surface area (Å²) in [5.41, 5.74) is 6.70. The van der Waals surface area contributed by atoms with E-state index in [9.17, 15) is 12.8 Å². The lowest BCUT2D eigenvalue weighted by molar-refractivity contribution is 0.474. The standard InChI is InChI=1S/C14H14FNO3S/c1-9-3-4-10(15)7-14(9)19-13-6-5-11(8-12(13)16)20(2,17)18/h3-8H,16H2,1-2H3. The van der Waals surface area contributed by atoms with E-state index in [1.165, 1.54) is 30.3 Å². The first-order valence-electron chi connectivity index (χ1n) is 5.81. The molecule has 0 saturated carbocycles. The summed E-state index contributed by atoms with van der Waals surface area (Å²) in [6, 6.07) is 8.34. The molecule has 0 bridgehead atoms. The van der Waals surface area contributed by atoms with Crippen LogP contribution in [0.25, 0.3) is 0 Å². The highest BCUT2D eigenvalue weighted by Crippen LogP contribution is 2.31. The maximum absolute atomic E-state index is 13.2. The van der Waals surface area contributed by atoms with Gasteiger partial charge in [0.15, 0.2) is 9.84 Å². The Morgan fingerprint density at radius 1 is 1.10 bits per heavy atom. The van der Waals surface area contributed by atoms with E-state index in [4.69, 9.17) is 10.5 Å². The van der Waals surface area contributed by atoms with Gasteiger partial charge < -0.3 is 10.5 Å². The molecule has 20 heavy (non-hydrogen) atoms. The zero-order valence-electron chi connectivity index (χ0n) is 11.1. The molecule has 0 aliphatic carbocycles. The second-order valence-corrected chi connectivity index (χ2v) is 6.50. The smallest absolute Gasteiger partial charge is 0.175 e. The molecule has 0 fully saturated rings. The van der Waals surface area contributed by atoms with Gasteiger partial charge in [0.05, 0.1) is 10.6 Å². The number of aryl methyl sites for hydroxylation is 1.